The minimum Gasteiger partial charge on any atom is -0.393 e. The van der Waals surface area contributed by atoms with Crippen LogP contribution in [0.15, 0.2) is 12.2 Å². The Morgan fingerprint density at radius 2 is 1.88 bits per heavy atom. The van der Waals surface area contributed by atoms with E-state index in [4.69, 9.17) is 0 Å². The molecule has 1 N–H and O–H groups in total. The number of hydrogen-bond acceptors (Lipinski definition) is 2. The van der Waals surface area contributed by atoms with Gasteiger partial charge in [0.15, 0.2) is 0 Å². The highest BCUT2D eigenvalue weighted by molar-refractivity contribution is 5.75. The van der Waals surface area contributed by atoms with Gasteiger partial charge in [0.2, 0.25) is 0 Å². The van der Waals surface area contributed by atoms with Crippen LogP contribution in [0, 0.1) is 34.0 Å². The first kappa shape index (κ1) is 19.1. The van der Waals surface area contributed by atoms with Gasteiger partial charge in [-0.25, -0.2) is 0 Å². The Hall–Kier alpha value is -0.630. The van der Waals surface area contributed by atoms with E-state index in [9.17, 15) is 9.90 Å². The largest absolute Gasteiger partial charge is 0.393 e. The Bertz CT molecular complexity index is 562. The molecule has 3 saturated carbocycles. The number of allylic oxidation sites excluding steroid dienone is 1. The van der Waals surface area contributed by atoms with Gasteiger partial charge in [-0.3, -0.25) is 0 Å². The molecule has 25 heavy (non-hydrogen) atoms. The van der Waals surface area contributed by atoms with Gasteiger partial charge in [-0.2, -0.15) is 0 Å². The summed E-state index contributed by atoms with van der Waals surface area (Å²) in [5, 5.41) is 11.3. The van der Waals surface area contributed by atoms with E-state index in [1.54, 1.807) is 6.92 Å². The molecule has 0 aliphatic heterocycles. The topological polar surface area (TPSA) is 37.3 Å². The second-order valence-corrected chi connectivity index (χ2v) is 10.6. The molecule has 3 fully saturated rings. The van der Waals surface area contributed by atoms with E-state index in [2.05, 4.69) is 34.3 Å². The minimum atomic E-state index is -0.229. The summed E-state index contributed by atoms with van der Waals surface area (Å²) in [6.45, 7) is 15.7. The van der Waals surface area contributed by atoms with Gasteiger partial charge in [-0.1, -0.05) is 46.3 Å². The van der Waals surface area contributed by atoms with Gasteiger partial charge in [0.05, 0.1) is 6.10 Å². The van der Waals surface area contributed by atoms with Crippen LogP contribution in [0.1, 0.15) is 86.0 Å². The van der Waals surface area contributed by atoms with E-state index in [0.717, 1.165) is 19.3 Å². The Kier molecular flexibility index (Phi) is 4.76. The normalized spacial score (nSPS) is 46.2. The first-order valence-electron chi connectivity index (χ1n) is 10.4. The Morgan fingerprint density at radius 1 is 1.20 bits per heavy atom. The molecule has 3 aliphatic carbocycles. The maximum Gasteiger partial charge on any atom is 0.129 e. The maximum atomic E-state index is 11.6. The van der Waals surface area contributed by atoms with Crippen molar-refractivity contribution >= 4 is 5.78 Å². The number of Topliss-reactive ketones (excluding diaryl/α,β-unsaturated/α-hetero) is 1. The molecule has 142 valence electrons. The van der Waals surface area contributed by atoms with Crippen molar-refractivity contribution in [3.8, 4) is 0 Å². The summed E-state index contributed by atoms with van der Waals surface area (Å²) < 4.78 is 0. The third kappa shape index (κ3) is 2.93. The minimum absolute atomic E-state index is 0.0862. The van der Waals surface area contributed by atoms with E-state index in [-0.39, 0.29) is 28.1 Å². The Morgan fingerprint density at radius 3 is 2.52 bits per heavy atom. The lowest BCUT2D eigenvalue weighted by Gasteiger charge is -2.67. The molecule has 0 spiro atoms. The molecule has 3 rings (SSSR count). The number of carbonyl (C=O) groups excluding carboxylic acids is 1. The highest BCUT2D eigenvalue weighted by atomic mass is 16.3. The van der Waals surface area contributed by atoms with Crippen LogP contribution >= 0.6 is 0 Å². The molecule has 0 aromatic carbocycles. The molecule has 0 amide bonds. The highest BCUT2D eigenvalue weighted by Crippen LogP contribution is 2.69. The van der Waals surface area contributed by atoms with Crippen LogP contribution in [-0.4, -0.2) is 17.0 Å². The number of fused-ring (bicyclic) bond motifs is 3. The maximum absolute atomic E-state index is 11.6. The second-order valence-electron chi connectivity index (χ2n) is 10.6. The van der Waals surface area contributed by atoms with Crippen LogP contribution in [0.25, 0.3) is 0 Å². The number of aliphatic hydroxyl groups excluding tert-OH is 1. The van der Waals surface area contributed by atoms with Crippen molar-refractivity contribution < 1.29 is 9.90 Å². The number of aliphatic hydroxyl groups is 1. The van der Waals surface area contributed by atoms with Crippen molar-refractivity contribution in [3.05, 3.63) is 12.2 Å². The highest BCUT2D eigenvalue weighted by Gasteiger charge is 2.63. The third-order valence-corrected chi connectivity index (χ3v) is 8.54. The summed E-state index contributed by atoms with van der Waals surface area (Å²) in [6.07, 6.45) is 8.27. The average Bonchev–Trinajstić information content (AvgIpc) is 2.43. The van der Waals surface area contributed by atoms with Crippen LogP contribution in [0.2, 0.25) is 0 Å². The fourth-order valence-electron chi connectivity index (χ4n) is 7.84. The van der Waals surface area contributed by atoms with Crippen molar-refractivity contribution in [2.24, 2.45) is 34.0 Å². The molecule has 0 aromatic rings. The van der Waals surface area contributed by atoms with E-state index in [1.165, 1.54) is 31.3 Å². The molecule has 2 unspecified atom stereocenters. The number of hydrogen-bond donors (Lipinski definition) is 1. The quantitative estimate of drug-likeness (QED) is 0.681. The van der Waals surface area contributed by atoms with Crippen molar-refractivity contribution in [2.45, 2.75) is 92.1 Å². The fraction of sp³-hybridized carbons (Fsp3) is 0.870. The van der Waals surface area contributed by atoms with Crippen LogP contribution in [-0.2, 0) is 4.79 Å². The Labute approximate surface area is 154 Å². The van der Waals surface area contributed by atoms with Crippen LogP contribution < -0.4 is 0 Å². The zero-order chi connectivity index (χ0) is 18.6. The van der Waals surface area contributed by atoms with Gasteiger partial charge in [0.25, 0.3) is 0 Å². The SMILES string of the molecule is C=C1CCC2[C@@]3(C)CCCC(C)(C)C3[C@@H](O)C[C@@]2(C)[C@@H]1CCC(C)=O. The molecule has 2 heteroatoms. The molecule has 0 radical (unpaired) electrons. The van der Waals surface area contributed by atoms with Crippen LogP contribution in [0.4, 0.5) is 0 Å². The van der Waals surface area contributed by atoms with Gasteiger partial charge in [-0.15, -0.1) is 0 Å². The average molecular weight is 347 g/mol. The molecule has 0 heterocycles. The van der Waals surface area contributed by atoms with E-state index in [1.807, 2.05) is 0 Å². The molecule has 0 aromatic heterocycles. The standard InChI is InChI=1S/C23H38O2/c1-15-8-11-19-22(5)13-7-12-21(3,4)20(22)18(25)14-23(19,6)17(15)10-9-16(2)24/h17-20,25H,1,7-14H2,2-6H3/t17-,18+,19?,20?,22-,23+/m1/s1. The zero-order valence-corrected chi connectivity index (χ0v) is 17.0. The summed E-state index contributed by atoms with van der Waals surface area (Å²) in [5.74, 6) is 1.69. The molecular formula is C23H38O2. The molecule has 3 aliphatic rings. The Balaban J connectivity index is 1.99. The fourth-order valence-corrected chi connectivity index (χ4v) is 7.84. The van der Waals surface area contributed by atoms with Crippen molar-refractivity contribution in [1.29, 1.82) is 0 Å². The van der Waals surface area contributed by atoms with Gasteiger partial charge in [-0.05, 0) is 79.4 Å². The monoisotopic (exact) mass is 346 g/mol. The van der Waals surface area contributed by atoms with Crippen molar-refractivity contribution in [3.63, 3.8) is 0 Å². The molecule has 0 bridgehead atoms. The van der Waals surface area contributed by atoms with Crippen molar-refractivity contribution in [2.75, 3.05) is 0 Å². The van der Waals surface area contributed by atoms with Gasteiger partial charge in [0, 0.05) is 6.42 Å². The van der Waals surface area contributed by atoms with E-state index >= 15 is 0 Å². The molecule has 0 saturated heterocycles. The van der Waals surface area contributed by atoms with E-state index in [0.29, 0.717) is 24.2 Å². The van der Waals surface area contributed by atoms with E-state index < -0.39 is 0 Å². The van der Waals surface area contributed by atoms with Crippen molar-refractivity contribution in [1.82, 2.24) is 0 Å². The van der Waals surface area contributed by atoms with Crippen LogP contribution in [0.3, 0.4) is 0 Å². The summed E-state index contributed by atoms with van der Waals surface area (Å²) in [7, 11) is 0. The summed E-state index contributed by atoms with van der Waals surface area (Å²) >= 11 is 0. The van der Waals surface area contributed by atoms with Crippen LogP contribution in [0.5, 0.6) is 0 Å². The predicted octanol–water partition coefficient (Wildman–Crippen LogP) is 5.54. The zero-order valence-electron chi connectivity index (χ0n) is 17.0. The molecular weight excluding hydrogens is 308 g/mol. The lowest BCUT2D eigenvalue weighted by Crippen LogP contribution is -2.63. The molecule has 2 nitrogen and oxygen atoms in total. The van der Waals surface area contributed by atoms with Gasteiger partial charge < -0.3 is 9.90 Å². The van der Waals surface area contributed by atoms with Gasteiger partial charge >= 0.3 is 0 Å². The number of carbonyl (C=O) groups is 1. The second kappa shape index (κ2) is 6.22. The lowest BCUT2D eigenvalue weighted by atomic mass is 9.38. The first-order chi connectivity index (χ1) is 11.5. The lowest BCUT2D eigenvalue weighted by molar-refractivity contribution is -0.204. The molecule has 6 atom stereocenters. The number of ketones is 1. The first-order valence-corrected chi connectivity index (χ1v) is 10.4. The third-order valence-electron chi connectivity index (χ3n) is 8.54. The number of rotatable bonds is 3. The summed E-state index contributed by atoms with van der Waals surface area (Å²) in [6, 6.07) is 0. The van der Waals surface area contributed by atoms with Gasteiger partial charge in [0.1, 0.15) is 5.78 Å². The summed E-state index contributed by atoms with van der Waals surface area (Å²) in [5.41, 5.74) is 1.84. The smallest absolute Gasteiger partial charge is 0.129 e. The summed E-state index contributed by atoms with van der Waals surface area (Å²) in [4.78, 5) is 11.6. The predicted molar refractivity (Wildman–Crippen MR) is 103 cm³/mol.